The Morgan fingerprint density at radius 2 is 1.43 bits per heavy atom. The Morgan fingerprint density at radius 3 is 1.89 bits per heavy atom. The second-order valence-electron chi connectivity index (χ2n) is 12.6. The van der Waals surface area contributed by atoms with Gasteiger partial charge in [0.2, 0.25) is 8.32 Å². The number of fused-ring (bicyclic) bond motifs is 3. The molecule has 3 rings (SSSR count). The summed E-state index contributed by atoms with van der Waals surface area (Å²) in [7, 11) is 1.34. The van der Waals surface area contributed by atoms with Crippen LogP contribution in [0.3, 0.4) is 0 Å². The number of hydrogen-bond acceptors (Lipinski definition) is 5. The molecule has 2 aromatic rings. The van der Waals surface area contributed by atoms with Gasteiger partial charge in [-0.05, 0) is 63.4 Å². The second kappa shape index (κ2) is 11.3. The molecule has 7 heteroatoms. The molecule has 0 aliphatic carbocycles. The van der Waals surface area contributed by atoms with Crippen LogP contribution in [-0.4, -0.2) is 38.8 Å². The van der Waals surface area contributed by atoms with Crippen LogP contribution in [-0.2, 0) is 20.5 Å². The van der Waals surface area contributed by atoms with E-state index in [1.165, 1.54) is 0 Å². The van der Waals surface area contributed by atoms with Crippen LogP contribution in [0.1, 0.15) is 106 Å². The molecule has 0 saturated carbocycles. The largest absolute Gasteiger partial charge is 0.496 e. The minimum Gasteiger partial charge on any atom is -0.496 e. The standard InChI is InChI=1S/C30H51NO5Si/c1-18(2)35-26-16-25(36-30(9,10)11)28-22(17-34-37(19(3)4,20(5)6)21(7)8)27-23(32-12)14-15-24(33-13)29(27)31(26)28/h14-15,18-21,25-26H,16-17H2,1-13H3/t25-,26+/m1/s1. The molecule has 0 amide bonds. The van der Waals surface area contributed by atoms with Gasteiger partial charge in [-0.3, -0.25) is 0 Å². The fourth-order valence-electron chi connectivity index (χ4n) is 6.67. The normalized spacial score (nSPS) is 18.6. The zero-order chi connectivity index (χ0) is 27.9. The summed E-state index contributed by atoms with van der Waals surface area (Å²) in [5.74, 6) is 1.62. The third kappa shape index (κ3) is 5.61. The number of rotatable bonds is 11. The van der Waals surface area contributed by atoms with E-state index in [9.17, 15) is 0 Å². The highest BCUT2D eigenvalue weighted by atomic mass is 28.4. The van der Waals surface area contributed by atoms with Crippen LogP contribution < -0.4 is 9.47 Å². The first-order valence-electron chi connectivity index (χ1n) is 13.9. The molecule has 0 bridgehead atoms. The van der Waals surface area contributed by atoms with Gasteiger partial charge in [-0.1, -0.05) is 41.5 Å². The van der Waals surface area contributed by atoms with Crippen molar-refractivity contribution in [2.24, 2.45) is 0 Å². The molecule has 2 atom stereocenters. The Morgan fingerprint density at radius 1 is 0.892 bits per heavy atom. The van der Waals surface area contributed by atoms with E-state index in [-0.39, 0.29) is 24.0 Å². The maximum atomic E-state index is 7.19. The molecule has 37 heavy (non-hydrogen) atoms. The Bertz CT molecular complexity index is 1040. The van der Waals surface area contributed by atoms with E-state index in [4.69, 9.17) is 23.4 Å². The number of benzene rings is 1. The van der Waals surface area contributed by atoms with Gasteiger partial charge in [-0.25, -0.2) is 0 Å². The molecular formula is C30H51NO5Si. The van der Waals surface area contributed by atoms with Crippen LogP contribution in [0.25, 0.3) is 10.9 Å². The molecule has 0 radical (unpaired) electrons. The van der Waals surface area contributed by atoms with Crippen molar-refractivity contribution in [1.82, 2.24) is 4.57 Å². The molecule has 0 fully saturated rings. The molecule has 0 spiro atoms. The average molecular weight is 534 g/mol. The molecule has 1 aliphatic heterocycles. The first kappa shape index (κ1) is 30.0. The molecule has 0 N–H and O–H groups in total. The minimum absolute atomic E-state index is 0.0721. The molecule has 2 heterocycles. The Hall–Kier alpha value is -1.54. The van der Waals surface area contributed by atoms with Gasteiger partial charge in [0.25, 0.3) is 0 Å². The summed E-state index contributed by atoms with van der Waals surface area (Å²) in [4.78, 5) is 0. The van der Waals surface area contributed by atoms with Crippen molar-refractivity contribution in [1.29, 1.82) is 0 Å². The third-order valence-corrected chi connectivity index (χ3v) is 13.8. The van der Waals surface area contributed by atoms with E-state index in [0.717, 1.165) is 40.1 Å². The minimum atomic E-state index is -2.12. The topological polar surface area (TPSA) is 51.1 Å². The highest BCUT2D eigenvalue weighted by molar-refractivity contribution is 6.77. The molecule has 0 unspecified atom stereocenters. The van der Waals surface area contributed by atoms with Gasteiger partial charge in [-0.15, -0.1) is 0 Å². The summed E-state index contributed by atoms with van der Waals surface area (Å²) in [6.45, 7) is 25.0. The summed E-state index contributed by atoms with van der Waals surface area (Å²) in [6.07, 6.45) is 0.525. The lowest BCUT2D eigenvalue weighted by molar-refractivity contribution is -0.0886. The second-order valence-corrected chi connectivity index (χ2v) is 18.1. The van der Waals surface area contributed by atoms with Gasteiger partial charge in [0.15, 0.2) is 0 Å². The van der Waals surface area contributed by atoms with E-state index in [1.54, 1.807) is 14.2 Å². The first-order chi connectivity index (χ1) is 17.2. The average Bonchev–Trinajstić information content (AvgIpc) is 3.27. The maximum Gasteiger partial charge on any atom is 0.200 e. The predicted molar refractivity (Wildman–Crippen MR) is 154 cm³/mol. The van der Waals surface area contributed by atoms with Gasteiger partial charge in [-0.2, -0.15) is 0 Å². The molecule has 0 saturated heterocycles. The van der Waals surface area contributed by atoms with Crippen LogP contribution in [0.4, 0.5) is 0 Å². The summed E-state index contributed by atoms with van der Waals surface area (Å²) in [5.41, 5.74) is 4.41. The van der Waals surface area contributed by atoms with Gasteiger partial charge in [0, 0.05) is 12.0 Å². The van der Waals surface area contributed by atoms with Crippen molar-refractivity contribution in [3.05, 3.63) is 23.4 Å². The number of aromatic nitrogens is 1. The van der Waals surface area contributed by atoms with Crippen molar-refractivity contribution in [2.75, 3.05) is 14.2 Å². The first-order valence-corrected chi connectivity index (χ1v) is 16.1. The number of hydrogen-bond donors (Lipinski definition) is 0. The van der Waals surface area contributed by atoms with Crippen molar-refractivity contribution in [3.63, 3.8) is 0 Å². The van der Waals surface area contributed by atoms with Crippen molar-refractivity contribution < 1.29 is 23.4 Å². The SMILES string of the molecule is COc1ccc(OC)c2c1c(CO[Si](C(C)C)(C(C)C)C(C)C)c1n2[C@@H](OC(C)C)C[C@H]1OC(C)(C)C. The molecule has 6 nitrogen and oxygen atoms in total. The van der Waals surface area contributed by atoms with Crippen LogP contribution in [0, 0.1) is 0 Å². The molecular weight excluding hydrogens is 482 g/mol. The summed E-state index contributed by atoms with van der Waals surface area (Å²) in [5, 5.41) is 1.04. The van der Waals surface area contributed by atoms with Gasteiger partial charge in [0.1, 0.15) is 23.8 Å². The van der Waals surface area contributed by atoms with Crippen molar-refractivity contribution >= 4 is 19.2 Å². The fraction of sp³-hybridized carbons (Fsp3) is 0.733. The van der Waals surface area contributed by atoms with Crippen LogP contribution in [0.2, 0.25) is 16.6 Å². The zero-order valence-electron chi connectivity index (χ0n) is 25.5. The lowest BCUT2D eigenvalue weighted by Gasteiger charge is -2.42. The Kier molecular flexibility index (Phi) is 9.15. The van der Waals surface area contributed by atoms with Crippen molar-refractivity contribution in [2.45, 2.75) is 130 Å². The number of methoxy groups -OCH3 is 2. The quantitative estimate of drug-likeness (QED) is 0.271. The fourth-order valence-corrected chi connectivity index (χ4v) is 12.1. The summed E-state index contributed by atoms with van der Waals surface area (Å²) in [6, 6.07) is 3.98. The number of nitrogens with zero attached hydrogens (tertiary/aromatic N) is 1. The van der Waals surface area contributed by atoms with E-state index in [2.05, 4.69) is 80.7 Å². The third-order valence-electron chi connectivity index (χ3n) is 7.76. The predicted octanol–water partition coefficient (Wildman–Crippen LogP) is 8.53. The van der Waals surface area contributed by atoms with Crippen molar-refractivity contribution in [3.8, 4) is 11.5 Å². The van der Waals surface area contributed by atoms with Gasteiger partial charge >= 0.3 is 0 Å². The number of ether oxygens (including phenoxy) is 4. The Balaban J connectivity index is 2.33. The van der Waals surface area contributed by atoms with Crippen LogP contribution in [0.15, 0.2) is 12.1 Å². The van der Waals surface area contributed by atoms with E-state index in [1.807, 2.05) is 12.1 Å². The van der Waals surface area contributed by atoms with E-state index < -0.39 is 8.32 Å². The Labute approximate surface area is 226 Å². The lowest BCUT2D eigenvalue weighted by atomic mass is 10.0. The van der Waals surface area contributed by atoms with E-state index >= 15 is 0 Å². The highest BCUT2D eigenvalue weighted by Crippen LogP contribution is 2.52. The smallest absolute Gasteiger partial charge is 0.200 e. The zero-order valence-corrected chi connectivity index (χ0v) is 26.5. The maximum absolute atomic E-state index is 7.19. The summed E-state index contributed by atoms with van der Waals surface area (Å²) >= 11 is 0. The van der Waals surface area contributed by atoms with E-state index in [0.29, 0.717) is 23.2 Å². The monoisotopic (exact) mass is 533 g/mol. The van der Waals surface area contributed by atoms with Gasteiger partial charge < -0.3 is 27.9 Å². The van der Waals surface area contributed by atoms with Crippen LogP contribution in [0.5, 0.6) is 11.5 Å². The summed E-state index contributed by atoms with van der Waals surface area (Å²) < 4.78 is 34.5. The van der Waals surface area contributed by atoms with Gasteiger partial charge in [0.05, 0.1) is 49.1 Å². The lowest BCUT2D eigenvalue weighted by Crippen LogP contribution is -2.47. The molecule has 1 aliphatic rings. The molecule has 1 aromatic heterocycles. The van der Waals surface area contributed by atoms with Crippen LogP contribution >= 0.6 is 0 Å². The molecule has 210 valence electrons. The highest BCUT2D eigenvalue weighted by Gasteiger charge is 2.47. The molecule has 1 aromatic carbocycles.